The van der Waals surface area contributed by atoms with Gasteiger partial charge in [-0.2, -0.15) is 0 Å². The van der Waals surface area contributed by atoms with Crippen LogP contribution in [0.25, 0.3) is 11.2 Å². The number of halogens is 2. The van der Waals surface area contributed by atoms with E-state index in [0.29, 0.717) is 9.34 Å². The van der Waals surface area contributed by atoms with E-state index in [-0.39, 0.29) is 0 Å². The Morgan fingerprint density at radius 1 is 1.27 bits per heavy atom. The lowest BCUT2D eigenvalue weighted by atomic mass is 10.6. The van der Waals surface area contributed by atoms with Gasteiger partial charge in [-0.1, -0.05) is 0 Å². The molecule has 0 radical (unpaired) electrons. The molecule has 2 aromatic rings. The Kier molecular flexibility index (Phi) is 1.65. The number of nitrogens with one attached hydrogen (secondary N) is 1. The van der Waals surface area contributed by atoms with E-state index in [1.165, 1.54) is 0 Å². The van der Waals surface area contributed by atoms with Gasteiger partial charge in [0.15, 0.2) is 10.4 Å². The number of aromatic amines is 1. The Labute approximate surface area is 78.7 Å². The molecule has 11 heavy (non-hydrogen) atoms. The quantitative estimate of drug-likeness (QED) is 0.591. The second-order valence-corrected chi connectivity index (χ2v) is 3.34. The van der Waals surface area contributed by atoms with E-state index >= 15 is 0 Å². The Hall–Kier alpha value is -0.490. The highest BCUT2D eigenvalue weighted by Gasteiger charge is 2.04. The van der Waals surface area contributed by atoms with Crippen molar-refractivity contribution in [3.05, 3.63) is 15.7 Å². The van der Waals surface area contributed by atoms with E-state index in [0.717, 1.165) is 11.2 Å². The molecule has 0 bridgehead atoms. The third-order valence-corrected chi connectivity index (χ3v) is 2.12. The summed E-state index contributed by atoms with van der Waals surface area (Å²) in [5.74, 6) is 0. The van der Waals surface area contributed by atoms with Crippen LogP contribution in [0.4, 0.5) is 0 Å². The van der Waals surface area contributed by atoms with Crippen molar-refractivity contribution in [3.63, 3.8) is 0 Å². The Bertz CT molecular complexity index is 396. The van der Waals surface area contributed by atoms with Gasteiger partial charge in [0, 0.05) is 0 Å². The second kappa shape index (κ2) is 2.53. The maximum Gasteiger partial charge on any atom is 0.199 e. The fraction of sp³-hybridized carbons (Fsp3) is 0. The third kappa shape index (κ3) is 1.16. The predicted octanol–water partition coefficient (Wildman–Crippen LogP) is 1.88. The van der Waals surface area contributed by atoms with Crippen LogP contribution in [0.3, 0.4) is 0 Å². The van der Waals surface area contributed by atoms with Crippen molar-refractivity contribution in [3.8, 4) is 0 Å². The van der Waals surface area contributed by atoms with Gasteiger partial charge in [0.25, 0.3) is 0 Å². The van der Waals surface area contributed by atoms with Crippen molar-refractivity contribution < 1.29 is 0 Å². The average Bonchev–Trinajstić information content (AvgIpc) is 2.34. The molecule has 1 N–H and O–H groups in total. The summed E-state index contributed by atoms with van der Waals surface area (Å²) < 4.78 is 1.23. The zero-order chi connectivity index (χ0) is 7.84. The average molecular weight is 278 g/mol. The topological polar surface area (TPSA) is 54.5 Å². The molecule has 4 nitrogen and oxygen atoms in total. The van der Waals surface area contributed by atoms with Crippen LogP contribution >= 0.6 is 31.9 Å². The lowest BCUT2D eigenvalue weighted by molar-refractivity contribution is 1.12. The van der Waals surface area contributed by atoms with Gasteiger partial charge in [-0.25, -0.2) is 15.0 Å². The SMILES string of the molecule is Brc1nc(Br)c2nc[nH]c2n1. The van der Waals surface area contributed by atoms with Crippen LogP contribution in [0.2, 0.25) is 0 Å². The summed E-state index contributed by atoms with van der Waals surface area (Å²) in [7, 11) is 0. The number of imidazole rings is 1. The molecule has 2 rings (SSSR count). The van der Waals surface area contributed by atoms with Gasteiger partial charge in [0.05, 0.1) is 6.33 Å². The standard InChI is InChI=1S/C5H2Br2N4/c6-3-2-4(9-1-8-2)11-5(7)10-3/h1H,(H,8,9,10,11). The summed E-state index contributed by atoms with van der Waals surface area (Å²) >= 11 is 6.43. The van der Waals surface area contributed by atoms with Gasteiger partial charge in [-0.05, 0) is 31.9 Å². The van der Waals surface area contributed by atoms with Gasteiger partial charge < -0.3 is 4.98 Å². The lowest BCUT2D eigenvalue weighted by Gasteiger charge is -1.91. The predicted molar refractivity (Wildman–Crippen MR) is 47.1 cm³/mol. The summed E-state index contributed by atoms with van der Waals surface area (Å²) in [4.78, 5) is 15.0. The first kappa shape index (κ1) is 7.17. The van der Waals surface area contributed by atoms with Gasteiger partial charge in [0.1, 0.15) is 10.1 Å². The highest BCUT2D eigenvalue weighted by Crippen LogP contribution is 2.18. The fourth-order valence-electron chi connectivity index (χ4n) is 0.775. The smallest absolute Gasteiger partial charge is 0.199 e. The summed E-state index contributed by atoms with van der Waals surface area (Å²) in [5, 5.41) is 0. The molecule has 0 aliphatic heterocycles. The molecule has 0 saturated carbocycles. The van der Waals surface area contributed by atoms with E-state index in [2.05, 4.69) is 51.8 Å². The van der Waals surface area contributed by atoms with Crippen molar-refractivity contribution in [2.45, 2.75) is 0 Å². The first-order chi connectivity index (χ1) is 5.27. The van der Waals surface area contributed by atoms with Crippen LogP contribution in [-0.4, -0.2) is 19.9 Å². The van der Waals surface area contributed by atoms with E-state index in [1.54, 1.807) is 6.33 Å². The van der Waals surface area contributed by atoms with Crippen molar-refractivity contribution in [2.24, 2.45) is 0 Å². The van der Waals surface area contributed by atoms with Crippen LogP contribution in [0.15, 0.2) is 15.7 Å². The summed E-state index contributed by atoms with van der Waals surface area (Å²) in [6, 6.07) is 0. The first-order valence-electron chi connectivity index (χ1n) is 2.79. The van der Waals surface area contributed by atoms with Gasteiger partial charge in [-0.3, -0.25) is 0 Å². The van der Waals surface area contributed by atoms with E-state index in [4.69, 9.17) is 0 Å². The number of rotatable bonds is 0. The molecule has 2 aromatic heterocycles. The zero-order valence-corrected chi connectivity index (χ0v) is 8.35. The Balaban J connectivity index is 2.91. The Morgan fingerprint density at radius 2 is 2.09 bits per heavy atom. The number of H-pyrrole nitrogens is 1. The van der Waals surface area contributed by atoms with E-state index < -0.39 is 0 Å². The molecule has 0 fully saturated rings. The fourth-order valence-corrected chi connectivity index (χ4v) is 1.83. The molecule has 2 heterocycles. The molecule has 56 valence electrons. The van der Waals surface area contributed by atoms with Crippen LogP contribution in [0.5, 0.6) is 0 Å². The number of hydrogen-bond acceptors (Lipinski definition) is 3. The number of aromatic nitrogens is 4. The summed E-state index contributed by atoms with van der Waals surface area (Å²) in [6.45, 7) is 0. The number of hydrogen-bond donors (Lipinski definition) is 1. The largest absolute Gasteiger partial charge is 0.329 e. The third-order valence-electron chi connectivity index (χ3n) is 1.21. The monoisotopic (exact) mass is 276 g/mol. The minimum Gasteiger partial charge on any atom is -0.329 e. The summed E-state index contributed by atoms with van der Waals surface area (Å²) in [6.07, 6.45) is 1.58. The van der Waals surface area contributed by atoms with E-state index in [1.807, 2.05) is 0 Å². The highest BCUT2D eigenvalue weighted by atomic mass is 79.9. The van der Waals surface area contributed by atoms with Gasteiger partial charge >= 0.3 is 0 Å². The minimum atomic E-state index is 0.543. The zero-order valence-electron chi connectivity index (χ0n) is 5.17. The first-order valence-corrected chi connectivity index (χ1v) is 4.38. The van der Waals surface area contributed by atoms with Crippen LogP contribution in [0, 0.1) is 0 Å². The molecule has 0 atom stereocenters. The maximum absolute atomic E-state index is 4.05. The lowest BCUT2D eigenvalue weighted by Crippen LogP contribution is -1.85. The molecule has 0 amide bonds. The molecule has 0 aromatic carbocycles. The van der Waals surface area contributed by atoms with Gasteiger partial charge in [-0.15, -0.1) is 0 Å². The Morgan fingerprint density at radius 3 is 2.91 bits per heavy atom. The molecule has 6 heteroatoms. The van der Waals surface area contributed by atoms with Crippen LogP contribution in [-0.2, 0) is 0 Å². The number of fused-ring (bicyclic) bond motifs is 1. The number of nitrogens with zero attached hydrogens (tertiary/aromatic N) is 3. The molecular formula is C5H2Br2N4. The van der Waals surface area contributed by atoms with E-state index in [9.17, 15) is 0 Å². The van der Waals surface area contributed by atoms with Crippen molar-refractivity contribution in [2.75, 3.05) is 0 Å². The minimum absolute atomic E-state index is 0.543. The van der Waals surface area contributed by atoms with Crippen LogP contribution < -0.4 is 0 Å². The molecule has 0 saturated heterocycles. The molecule has 0 aliphatic rings. The van der Waals surface area contributed by atoms with Crippen molar-refractivity contribution in [1.29, 1.82) is 0 Å². The normalized spacial score (nSPS) is 10.7. The maximum atomic E-state index is 4.05. The van der Waals surface area contributed by atoms with Crippen molar-refractivity contribution >= 4 is 43.0 Å². The molecule has 0 spiro atoms. The summed E-state index contributed by atoms with van der Waals surface area (Å²) in [5.41, 5.74) is 1.46. The van der Waals surface area contributed by atoms with Gasteiger partial charge in [0.2, 0.25) is 0 Å². The van der Waals surface area contributed by atoms with Crippen molar-refractivity contribution in [1.82, 2.24) is 19.9 Å². The second-order valence-electron chi connectivity index (χ2n) is 1.88. The molecule has 0 aliphatic carbocycles. The highest BCUT2D eigenvalue weighted by molar-refractivity contribution is 9.11. The van der Waals surface area contributed by atoms with Crippen LogP contribution in [0.1, 0.15) is 0 Å². The molecular weight excluding hydrogens is 276 g/mol. The molecule has 0 unspecified atom stereocenters.